The van der Waals surface area contributed by atoms with E-state index >= 15 is 0 Å². The zero-order chi connectivity index (χ0) is 9.14. The van der Waals surface area contributed by atoms with Crippen LogP contribution in [0.1, 0.15) is 26.7 Å². The molecule has 1 heterocycles. The summed E-state index contributed by atoms with van der Waals surface area (Å²) in [7, 11) is 0. The number of nitrogens with zero attached hydrogens (tertiary/aromatic N) is 1. The van der Waals surface area contributed by atoms with E-state index < -0.39 is 0 Å². The van der Waals surface area contributed by atoms with E-state index in [0.717, 1.165) is 19.5 Å². The standard InChI is InChI=1S/C9H18N2O/c1-3-9(12)11-5-4-8(6-11)7(2)10/h7-8H,3-6,10H2,1-2H3. The predicted octanol–water partition coefficient (Wildman–Crippen LogP) is 0.592. The first kappa shape index (κ1) is 9.52. The molecule has 1 aliphatic rings. The highest BCUT2D eigenvalue weighted by molar-refractivity contribution is 5.76. The second kappa shape index (κ2) is 3.90. The largest absolute Gasteiger partial charge is 0.342 e. The first-order chi connectivity index (χ1) is 5.65. The minimum absolute atomic E-state index is 0.222. The lowest BCUT2D eigenvalue weighted by Gasteiger charge is -2.17. The van der Waals surface area contributed by atoms with Crippen LogP contribution in [-0.2, 0) is 4.79 Å². The fourth-order valence-corrected chi connectivity index (χ4v) is 1.67. The fourth-order valence-electron chi connectivity index (χ4n) is 1.67. The molecule has 70 valence electrons. The van der Waals surface area contributed by atoms with Crippen LogP contribution in [0.5, 0.6) is 0 Å². The highest BCUT2D eigenvalue weighted by Crippen LogP contribution is 2.18. The van der Waals surface area contributed by atoms with Crippen LogP contribution in [0.3, 0.4) is 0 Å². The number of amides is 1. The third-order valence-corrected chi connectivity index (χ3v) is 2.62. The molecule has 2 atom stereocenters. The monoisotopic (exact) mass is 170 g/mol. The van der Waals surface area contributed by atoms with Gasteiger partial charge in [-0.3, -0.25) is 4.79 Å². The molecular weight excluding hydrogens is 152 g/mol. The van der Waals surface area contributed by atoms with Crippen molar-refractivity contribution in [2.75, 3.05) is 13.1 Å². The summed E-state index contributed by atoms with van der Waals surface area (Å²) in [6.45, 7) is 5.69. The third kappa shape index (κ3) is 1.97. The summed E-state index contributed by atoms with van der Waals surface area (Å²) in [5, 5.41) is 0. The first-order valence-electron chi connectivity index (χ1n) is 4.68. The van der Waals surface area contributed by atoms with Gasteiger partial charge >= 0.3 is 0 Å². The number of carbonyl (C=O) groups excluding carboxylic acids is 1. The molecule has 0 aromatic carbocycles. The maximum atomic E-state index is 11.3. The molecule has 0 radical (unpaired) electrons. The van der Waals surface area contributed by atoms with Crippen molar-refractivity contribution in [3.05, 3.63) is 0 Å². The second-order valence-electron chi connectivity index (χ2n) is 3.60. The first-order valence-corrected chi connectivity index (χ1v) is 4.68. The van der Waals surface area contributed by atoms with Crippen LogP contribution in [0.15, 0.2) is 0 Å². The van der Waals surface area contributed by atoms with Gasteiger partial charge in [-0.15, -0.1) is 0 Å². The lowest BCUT2D eigenvalue weighted by molar-refractivity contribution is -0.129. The summed E-state index contributed by atoms with van der Waals surface area (Å²) < 4.78 is 0. The molecule has 2 unspecified atom stereocenters. The number of carbonyl (C=O) groups is 1. The molecule has 3 heteroatoms. The van der Waals surface area contributed by atoms with Gasteiger partial charge in [-0.2, -0.15) is 0 Å². The summed E-state index contributed by atoms with van der Waals surface area (Å²) >= 11 is 0. The lowest BCUT2D eigenvalue weighted by Crippen LogP contribution is -2.32. The summed E-state index contributed by atoms with van der Waals surface area (Å²) in [5.74, 6) is 0.777. The zero-order valence-corrected chi connectivity index (χ0v) is 7.92. The number of hydrogen-bond donors (Lipinski definition) is 1. The lowest BCUT2D eigenvalue weighted by atomic mass is 10.0. The molecule has 1 rings (SSSR count). The average Bonchev–Trinajstić information content (AvgIpc) is 2.51. The zero-order valence-electron chi connectivity index (χ0n) is 7.92. The van der Waals surface area contributed by atoms with Gasteiger partial charge in [0.1, 0.15) is 0 Å². The molecule has 1 amide bonds. The van der Waals surface area contributed by atoms with Crippen molar-refractivity contribution >= 4 is 5.91 Å². The Bertz CT molecular complexity index is 168. The van der Waals surface area contributed by atoms with E-state index in [1.807, 2.05) is 18.7 Å². The molecule has 0 aromatic rings. The molecule has 1 saturated heterocycles. The summed E-state index contributed by atoms with van der Waals surface area (Å²) in [5.41, 5.74) is 5.76. The van der Waals surface area contributed by atoms with Crippen LogP contribution in [0.4, 0.5) is 0 Å². The van der Waals surface area contributed by atoms with Gasteiger partial charge in [0.15, 0.2) is 0 Å². The Morgan fingerprint density at radius 3 is 2.83 bits per heavy atom. The number of rotatable bonds is 2. The van der Waals surface area contributed by atoms with Gasteiger partial charge in [0.05, 0.1) is 0 Å². The molecule has 2 N–H and O–H groups in total. The van der Waals surface area contributed by atoms with E-state index in [1.54, 1.807) is 0 Å². The van der Waals surface area contributed by atoms with Crippen molar-refractivity contribution in [3.8, 4) is 0 Å². The summed E-state index contributed by atoms with van der Waals surface area (Å²) in [6.07, 6.45) is 1.69. The van der Waals surface area contributed by atoms with Crippen LogP contribution in [0, 0.1) is 5.92 Å². The Morgan fingerprint density at radius 1 is 1.75 bits per heavy atom. The van der Waals surface area contributed by atoms with E-state index in [2.05, 4.69) is 0 Å². The maximum absolute atomic E-state index is 11.3. The van der Waals surface area contributed by atoms with Crippen LogP contribution in [0.25, 0.3) is 0 Å². The van der Waals surface area contributed by atoms with Crippen molar-refractivity contribution in [1.82, 2.24) is 4.90 Å². The van der Waals surface area contributed by atoms with E-state index in [0.29, 0.717) is 12.3 Å². The Hall–Kier alpha value is -0.570. The molecule has 0 spiro atoms. The van der Waals surface area contributed by atoms with Crippen molar-refractivity contribution in [2.45, 2.75) is 32.7 Å². The van der Waals surface area contributed by atoms with E-state index in [9.17, 15) is 4.79 Å². The van der Waals surface area contributed by atoms with Crippen LogP contribution in [-0.4, -0.2) is 29.9 Å². The van der Waals surface area contributed by atoms with Gasteiger partial charge in [-0.1, -0.05) is 6.92 Å². The van der Waals surface area contributed by atoms with Gasteiger partial charge < -0.3 is 10.6 Å². The van der Waals surface area contributed by atoms with Crippen molar-refractivity contribution in [1.29, 1.82) is 0 Å². The highest BCUT2D eigenvalue weighted by Gasteiger charge is 2.27. The van der Waals surface area contributed by atoms with Crippen LogP contribution < -0.4 is 5.73 Å². The fraction of sp³-hybridized carbons (Fsp3) is 0.889. The van der Waals surface area contributed by atoms with Gasteiger partial charge in [-0.25, -0.2) is 0 Å². The quantitative estimate of drug-likeness (QED) is 0.659. The summed E-state index contributed by atoms with van der Waals surface area (Å²) in [6, 6.07) is 0.222. The Balaban J connectivity index is 2.40. The molecule has 0 saturated carbocycles. The van der Waals surface area contributed by atoms with Gasteiger partial charge in [0.25, 0.3) is 0 Å². The smallest absolute Gasteiger partial charge is 0.222 e. The molecule has 1 fully saturated rings. The van der Waals surface area contributed by atoms with Crippen molar-refractivity contribution < 1.29 is 4.79 Å². The molecule has 0 aliphatic carbocycles. The number of nitrogens with two attached hydrogens (primary N) is 1. The maximum Gasteiger partial charge on any atom is 0.222 e. The minimum Gasteiger partial charge on any atom is -0.342 e. The molecule has 0 aromatic heterocycles. The SMILES string of the molecule is CCC(=O)N1CCC(C(C)N)C1. The normalized spacial score (nSPS) is 25.9. The minimum atomic E-state index is 0.222. The van der Waals surface area contributed by atoms with Crippen LogP contribution >= 0.6 is 0 Å². The Labute approximate surface area is 73.9 Å². The number of likely N-dealkylation sites (tertiary alicyclic amines) is 1. The Morgan fingerprint density at radius 2 is 2.42 bits per heavy atom. The van der Waals surface area contributed by atoms with Gasteiger partial charge in [-0.05, 0) is 19.3 Å². The topological polar surface area (TPSA) is 46.3 Å². The second-order valence-corrected chi connectivity index (χ2v) is 3.60. The van der Waals surface area contributed by atoms with Crippen molar-refractivity contribution in [3.63, 3.8) is 0 Å². The molecule has 12 heavy (non-hydrogen) atoms. The van der Waals surface area contributed by atoms with E-state index in [-0.39, 0.29) is 11.9 Å². The van der Waals surface area contributed by atoms with Gasteiger partial charge in [0.2, 0.25) is 5.91 Å². The highest BCUT2D eigenvalue weighted by atomic mass is 16.2. The van der Waals surface area contributed by atoms with Crippen molar-refractivity contribution in [2.24, 2.45) is 11.7 Å². The molecule has 0 bridgehead atoms. The van der Waals surface area contributed by atoms with E-state index in [1.165, 1.54) is 0 Å². The third-order valence-electron chi connectivity index (χ3n) is 2.62. The predicted molar refractivity (Wildman–Crippen MR) is 48.6 cm³/mol. The Kier molecular flexibility index (Phi) is 3.09. The molecule has 3 nitrogen and oxygen atoms in total. The molecule has 1 aliphatic heterocycles. The van der Waals surface area contributed by atoms with Crippen LogP contribution in [0.2, 0.25) is 0 Å². The summed E-state index contributed by atoms with van der Waals surface area (Å²) in [4.78, 5) is 13.2. The molecular formula is C9H18N2O. The van der Waals surface area contributed by atoms with E-state index in [4.69, 9.17) is 5.73 Å². The van der Waals surface area contributed by atoms with Gasteiger partial charge in [0, 0.05) is 25.6 Å². The number of hydrogen-bond acceptors (Lipinski definition) is 2. The average molecular weight is 170 g/mol.